The molecular formula is C15H18N2O3. The Kier molecular flexibility index (Phi) is 3.36. The van der Waals surface area contributed by atoms with E-state index < -0.39 is 6.10 Å². The number of imidazole rings is 1. The number of aliphatic hydroxyl groups is 1. The fraction of sp³-hybridized carbons (Fsp3) is 0.400. The summed E-state index contributed by atoms with van der Waals surface area (Å²) in [6.07, 6.45) is 3.10. The molecule has 0 saturated carbocycles. The van der Waals surface area contributed by atoms with Crippen LogP contribution in [-0.4, -0.2) is 21.3 Å². The van der Waals surface area contributed by atoms with Crippen LogP contribution < -0.4 is 9.47 Å². The summed E-state index contributed by atoms with van der Waals surface area (Å²) in [5.41, 5.74) is 1.85. The lowest BCUT2D eigenvalue weighted by atomic mass is 10.1. The Morgan fingerprint density at radius 3 is 3.15 bits per heavy atom. The van der Waals surface area contributed by atoms with Crippen LogP contribution in [0, 0.1) is 0 Å². The van der Waals surface area contributed by atoms with E-state index in [-0.39, 0.29) is 0 Å². The Morgan fingerprint density at radius 2 is 2.35 bits per heavy atom. The Hall–Kier alpha value is -2.01. The largest absolute Gasteiger partial charge is 0.490 e. The highest BCUT2D eigenvalue weighted by Gasteiger charge is 2.22. The monoisotopic (exact) mass is 274 g/mol. The molecule has 0 radical (unpaired) electrons. The van der Waals surface area contributed by atoms with Crippen molar-refractivity contribution in [3.05, 3.63) is 42.0 Å². The van der Waals surface area contributed by atoms with Gasteiger partial charge in [0.1, 0.15) is 30.8 Å². The van der Waals surface area contributed by atoms with Crippen LogP contribution >= 0.6 is 0 Å². The van der Waals surface area contributed by atoms with E-state index in [1.54, 1.807) is 0 Å². The Bertz CT molecular complexity index is 607. The van der Waals surface area contributed by atoms with Crippen molar-refractivity contribution >= 4 is 0 Å². The van der Waals surface area contributed by atoms with Crippen molar-refractivity contribution in [3.8, 4) is 11.5 Å². The van der Waals surface area contributed by atoms with Crippen LogP contribution in [0.5, 0.6) is 11.5 Å². The molecule has 2 aromatic rings. The summed E-state index contributed by atoms with van der Waals surface area (Å²) < 4.78 is 13.3. The van der Waals surface area contributed by atoms with E-state index in [0.717, 1.165) is 17.0 Å². The molecule has 0 amide bonds. The average molecular weight is 274 g/mol. The topological polar surface area (TPSA) is 56.5 Å². The smallest absolute Gasteiger partial charge is 0.130 e. The molecule has 5 heteroatoms. The number of aliphatic hydroxyl groups excluding tert-OH is 1. The molecule has 106 valence electrons. The van der Waals surface area contributed by atoms with Crippen LogP contribution in [0.4, 0.5) is 0 Å². The van der Waals surface area contributed by atoms with E-state index in [0.29, 0.717) is 25.0 Å². The SMILES string of the molecule is CC(C)n1cncc1COc1ccc2c(c1)OCC2O. The summed E-state index contributed by atoms with van der Waals surface area (Å²) in [6.45, 7) is 4.99. The van der Waals surface area contributed by atoms with Gasteiger partial charge in [-0.15, -0.1) is 0 Å². The van der Waals surface area contributed by atoms with Crippen molar-refractivity contribution < 1.29 is 14.6 Å². The van der Waals surface area contributed by atoms with Crippen molar-refractivity contribution in [2.45, 2.75) is 32.6 Å². The number of rotatable bonds is 4. The van der Waals surface area contributed by atoms with Gasteiger partial charge in [-0.25, -0.2) is 4.98 Å². The molecule has 0 fully saturated rings. The van der Waals surface area contributed by atoms with Gasteiger partial charge in [0.15, 0.2) is 0 Å². The predicted octanol–water partition coefficient (Wildman–Crippen LogP) is 2.47. The second-order valence-corrected chi connectivity index (χ2v) is 5.20. The normalized spacial score (nSPS) is 17.1. The number of aromatic nitrogens is 2. The quantitative estimate of drug-likeness (QED) is 0.930. The van der Waals surface area contributed by atoms with E-state index in [9.17, 15) is 5.11 Å². The van der Waals surface area contributed by atoms with Crippen LogP contribution in [0.3, 0.4) is 0 Å². The zero-order valence-corrected chi connectivity index (χ0v) is 11.6. The van der Waals surface area contributed by atoms with Gasteiger partial charge in [-0.1, -0.05) is 0 Å². The Labute approximate surface area is 117 Å². The van der Waals surface area contributed by atoms with Gasteiger partial charge in [0.2, 0.25) is 0 Å². The van der Waals surface area contributed by atoms with E-state index >= 15 is 0 Å². The van der Waals surface area contributed by atoms with E-state index in [1.807, 2.05) is 30.7 Å². The maximum Gasteiger partial charge on any atom is 0.130 e. The minimum Gasteiger partial charge on any atom is -0.490 e. The van der Waals surface area contributed by atoms with E-state index in [2.05, 4.69) is 23.4 Å². The molecule has 1 N–H and O–H groups in total. The van der Waals surface area contributed by atoms with Gasteiger partial charge in [0, 0.05) is 17.7 Å². The van der Waals surface area contributed by atoms with Gasteiger partial charge in [-0.3, -0.25) is 0 Å². The van der Waals surface area contributed by atoms with Crippen LogP contribution in [0.1, 0.15) is 37.3 Å². The first-order chi connectivity index (χ1) is 9.65. The number of fused-ring (bicyclic) bond motifs is 1. The van der Waals surface area contributed by atoms with Gasteiger partial charge >= 0.3 is 0 Å². The number of hydrogen-bond donors (Lipinski definition) is 1. The molecule has 5 nitrogen and oxygen atoms in total. The third-order valence-corrected chi connectivity index (χ3v) is 3.43. The highest BCUT2D eigenvalue weighted by atomic mass is 16.5. The van der Waals surface area contributed by atoms with Crippen molar-refractivity contribution in [3.63, 3.8) is 0 Å². The number of benzene rings is 1. The molecule has 1 atom stereocenters. The summed E-state index contributed by atoms with van der Waals surface area (Å²) in [7, 11) is 0. The molecule has 1 unspecified atom stereocenters. The third kappa shape index (κ3) is 2.36. The van der Waals surface area contributed by atoms with Gasteiger partial charge < -0.3 is 19.1 Å². The number of ether oxygens (including phenoxy) is 2. The van der Waals surface area contributed by atoms with E-state index in [4.69, 9.17) is 9.47 Å². The lowest BCUT2D eigenvalue weighted by Crippen LogP contribution is -2.07. The van der Waals surface area contributed by atoms with Crippen LogP contribution in [0.25, 0.3) is 0 Å². The summed E-state index contributed by atoms with van der Waals surface area (Å²) in [5, 5.41) is 9.67. The van der Waals surface area contributed by atoms with Crippen molar-refractivity contribution in [1.29, 1.82) is 0 Å². The zero-order valence-electron chi connectivity index (χ0n) is 11.6. The molecule has 0 saturated heterocycles. The van der Waals surface area contributed by atoms with Gasteiger partial charge in [0.05, 0.1) is 18.2 Å². The molecular weight excluding hydrogens is 256 g/mol. The zero-order chi connectivity index (χ0) is 14.1. The molecule has 2 heterocycles. The second kappa shape index (κ2) is 5.17. The van der Waals surface area contributed by atoms with Gasteiger partial charge in [-0.2, -0.15) is 0 Å². The van der Waals surface area contributed by atoms with Crippen LogP contribution in [0.2, 0.25) is 0 Å². The molecule has 1 aliphatic rings. The molecule has 3 rings (SSSR count). The standard InChI is InChI=1S/C15H18N2O3/c1-10(2)17-9-16-6-11(17)7-19-12-3-4-13-14(18)8-20-15(13)5-12/h3-6,9-10,14,18H,7-8H2,1-2H3. The minimum absolute atomic E-state index is 0.318. The lowest BCUT2D eigenvalue weighted by Gasteiger charge is -2.13. The highest BCUT2D eigenvalue weighted by molar-refractivity contribution is 5.44. The van der Waals surface area contributed by atoms with Crippen LogP contribution in [0.15, 0.2) is 30.7 Å². The summed E-state index contributed by atoms with van der Waals surface area (Å²) in [5.74, 6) is 1.43. The molecule has 1 aromatic carbocycles. The molecule has 20 heavy (non-hydrogen) atoms. The fourth-order valence-corrected chi connectivity index (χ4v) is 2.33. The van der Waals surface area contributed by atoms with Crippen molar-refractivity contribution in [2.24, 2.45) is 0 Å². The van der Waals surface area contributed by atoms with Gasteiger partial charge in [0.25, 0.3) is 0 Å². The summed E-state index contributed by atoms with van der Waals surface area (Å²) in [4.78, 5) is 4.15. The molecule has 0 bridgehead atoms. The first-order valence-corrected chi connectivity index (χ1v) is 6.73. The Morgan fingerprint density at radius 1 is 1.50 bits per heavy atom. The first-order valence-electron chi connectivity index (χ1n) is 6.73. The highest BCUT2D eigenvalue weighted by Crippen LogP contribution is 2.35. The maximum absolute atomic E-state index is 9.67. The first kappa shape index (κ1) is 13.0. The summed E-state index contributed by atoms with van der Waals surface area (Å²) in [6, 6.07) is 5.88. The lowest BCUT2D eigenvalue weighted by molar-refractivity contribution is 0.140. The summed E-state index contributed by atoms with van der Waals surface area (Å²) >= 11 is 0. The van der Waals surface area contributed by atoms with Gasteiger partial charge in [-0.05, 0) is 26.0 Å². The molecule has 1 aromatic heterocycles. The van der Waals surface area contributed by atoms with Crippen molar-refractivity contribution in [1.82, 2.24) is 9.55 Å². The fourth-order valence-electron chi connectivity index (χ4n) is 2.33. The molecule has 0 aliphatic carbocycles. The molecule has 1 aliphatic heterocycles. The predicted molar refractivity (Wildman–Crippen MR) is 73.8 cm³/mol. The Balaban J connectivity index is 1.71. The minimum atomic E-state index is -0.526. The third-order valence-electron chi connectivity index (χ3n) is 3.43. The second-order valence-electron chi connectivity index (χ2n) is 5.20. The maximum atomic E-state index is 9.67. The van der Waals surface area contributed by atoms with E-state index in [1.165, 1.54) is 0 Å². The van der Waals surface area contributed by atoms with Crippen molar-refractivity contribution in [2.75, 3.05) is 6.61 Å². The number of hydrogen-bond acceptors (Lipinski definition) is 4. The average Bonchev–Trinajstić information content (AvgIpc) is 3.03. The molecule has 0 spiro atoms. The number of nitrogens with zero attached hydrogens (tertiary/aromatic N) is 2. The van der Waals surface area contributed by atoms with Crippen LogP contribution in [-0.2, 0) is 6.61 Å².